The number of fused-ring (bicyclic) bond motifs is 1. The van der Waals surface area contributed by atoms with Crippen LogP contribution in [0.3, 0.4) is 0 Å². The molecule has 2 aromatic rings. The van der Waals surface area contributed by atoms with Crippen LogP contribution < -0.4 is 11.1 Å². The van der Waals surface area contributed by atoms with Gasteiger partial charge in [-0.1, -0.05) is 18.2 Å². The summed E-state index contributed by atoms with van der Waals surface area (Å²) >= 11 is 0. The SMILES string of the molecule is CNC(Cc1c[nH]c2ccccc12)C(N)C(=O)O. The molecule has 0 saturated carbocycles. The zero-order chi connectivity index (χ0) is 13.1. The highest BCUT2D eigenvalue weighted by Gasteiger charge is 2.23. The molecule has 0 radical (unpaired) electrons. The molecule has 2 unspecified atom stereocenters. The van der Waals surface area contributed by atoms with Crippen LogP contribution in [0.15, 0.2) is 30.5 Å². The van der Waals surface area contributed by atoms with Gasteiger partial charge in [0.25, 0.3) is 0 Å². The molecule has 2 rings (SSSR count). The van der Waals surface area contributed by atoms with Gasteiger partial charge in [0.05, 0.1) is 0 Å². The van der Waals surface area contributed by atoms with Crippen molar-refractivity contribution < 1.29 is 9.90 Å². The fraction of sp³-hybridized carbons (Fsp3) is 0.308. The van der Waals surface area contributed by atoms with Gasteiger partial charge in [-0.15, -0.1) is 0 Å². The lowest BCUT2D eigenvalue weighted by Gasteiger charge is -2.19. The lowest BCUT2D eigenvalue weighted by atomic mass is 10.00. The van der Waals surface area contributed by atoms with Crippen molar-refractivity contribution in [2.24, 2.45) is 5.73 Å². The minimum Gasteiger partial charge on any atom is -0.480 e. The van der Waals surface area contributed by atoms with Crippen molar-refractivity contribution in [2.45, 2.75) is 18.5 Å². The summed E-state index contributed by atoms with van der Waals surface area (Å²) in [5.74, 6) is -0.991. The van der Waals surface area contributed by atoms with E-state index in [-0.39, 0.29) is 6.04 Å². The Labute approximate surface area is 105 Å². The molecule has 0 fully saturated rings. The summed E-state index contributed by atoms with van der Waals surface area (Å²) in [6, 6.07) is 6.72. The zero-order valence-electron chi connectivity index (χ0n) is 10.2. The first-order valence-electron chi connectivity index (χ1n) is 5.84. The number of nitrogens with one attached hydrogen (secondary N) is 2. The molecular formula is C13H17N3O2. The number of hydrogen-bond donors (Lipinski definition) is 4. The number of hydrogen-bond acceptors (Lipinski definition) is 3. The summed E-state index contributed by atoms with van der Waals surface area (Å²) in [4.78, 5) is 14.1. The van der Waals surface area contributed by atoms with Gasteiger partial charge in [0.2, 0.25) is 0 Å². The van der Waals surface area contributed by atoms with E-state index < -0.39 is 12.0 Å². The van der Waals surface area contributed by atoms with Gasteiger partial charge in [0.15, 0.2) is 0 Å². The fourth-order valence-electron chi connectivity index (χ4n) is 2.12. The lowest BCUT2D eigenvalue weighted by molar-refractivity contribution is -0.139. The highest BCUT2D eigenvalue weighted by molar-refractivity contribution is 5.83. The van der Waals surface area contributed by atoms with Crippen LogP contribution in [0.2, 0.25) is 0 Å². The Bertz CT molecular complexity index is 550. The molecule has 18 heavy (non-hydrogen) atoms. The van der Waals surface area contributed by atoms with Gasteiger partial charge in [-0.25, -0.2) is 0 Å². The number of benzene rings is 1. The largest absolute Gasteiger partial charge is 0.480 e. The number of para-hydroxylation sites is 1. The van der Waals surface area contributed by atoms with Crippen LogP contribution in [0.1, 0.15) is 5.56 Å². The molecule has 0 bridgehead atoms. The molecule has 5 heteroatoms. The molecule has 5 nitrogen and oxygen atoms in total. The second kappa shape index (κ2) is 5.20. The maximum absolute atomic E-state index is 10.9. The van der Waals surface area contributed by atoms with Gasteiger partial charge < -0.3 is 21.1 Å². The first kappa shape index (κ1) is 12.6. The fourth-order valence-corrected chi connectivity index (χ4v) is 2.12. The summed E-state index contributed by atoms with van der Waals surface area (Å²) in [7, 11) is 1.72. The summed E-state index contributed by atoms with van der Waals surface area (Å²) < 4.78 is 0. The van der Waals surface area contributed by atoms with Crippen LogP contribution in [0.5, 0.6) is 0 Å². The Morgan fingerprint density at radius 1 is 1.50 bits per heavy atom. The molecule has 1 aromatic heterocycles. The average Bonchev–Trinajstić information content (AvgIpc) is 2.78. The van der Waals surface area contributed by atoms with Gasteiger partial charge in [0.1, 0.15) is 6.04 Å². The van der Waals surface area contributed by atoms with E-state index in [2.05, 4.69) is 10.3 Å². The van der Waals surface area contributed by atoms with Crippen molar-refractivity contribution in [3.05, 3.63) is 36.0 Å². The summed E-state index contributed by atoms with van der Waals surface area (Å²) in [6.45, 7) is 0. The molecule has 0 aliphatic rings. The molecule has 2 atom stereocenters. The average molecular weight is 247 g/mol. The second-order valence-corrected chi connectivity index (χ2v) is 4.32. The molecule has 0 amide bonds. The molecule has 0 spiro atoms. The van der Waals surface area contributed by atoms with E-state index in [1.807, 2.05) is 30.5 Å². The van der Waals surface area contributed by atoms with Gasteiger partial charge in [-0.05, 0) is 25.1 Å². The molecule has 96 valence electrons. The monoisotopic (exact) mass is 247 g/mol. The van der Waals surface area contributed by atoms with Crippen LogP contribution in [-0.4, -0.2) is 35.2 Å². The Balaban J connectivity index is 2.24. The first-order chi connectivity index (χ1) is 8.63. The van der Waals surface area contributed by atoms with Crippen molar-refractivity contribution in [3.63, 3.8) is 0 Å². The standard InChI is InChI=1S/C13H17N3O2/c1-15-11(12(14)13(17)18)6-8-7-16-10-5-3-2-4-9(8)10/h2-5,7,11-12,15-16H,6,14H2,1H3,(H,17,18). The lowest BCUT2D eigenvalue weighted by Crippen LogP contribution is -2.49. The third-order valence-corrected chi connectivity index (χ3v) is 3.20. The van der Waals surface area contributed by atoms with Crippen LogP contribution in [-0.2, 0) is 11.2 Å². The van der Waals surface area contributed by atoms with Crippen LogP contribution in [0.4, 0.5) is 0 Å². The van der Waals surface area contributed by atoms with E-state index in [1.54, 1.807) is 7.05 Å². The maximum Gasteiger partial charge on any atom is 0.322 e. The van der Waals surface area contributed by atoms with E-state index >= 15 is 0 Å². The van der Waals surface area contributed by atoms with Gasteiger partial charge >= 0.3 is 5.97 Å². The first-order valence-corrected chi connectivity index (χ1v) is 5.84. The Morgan fingerprint density at radius 2 is 2.22 bits per heavy atom. The third-order valence-electron chi connectivity index (χ3n) is 3.20. The van der Waals surface area contributed by atoms with Gasteiger partial charge in [-0.3, -0.25) is 4.79 Å². The number of carboxylic acid groups (broad SMARTS) is 1. The van der Waals surface area contributed by atoms with Crippen LogP contribution >= 0.6 is 0 Å². The Morgan fingerprint density at radius 3 is 2.89 bits per heavy atom. The molecule has 0 aliphatic heterocycles. The van der Waals surface area contributed by atoms with Gasteiger partial charge in [-0.2, -0.15) is 0 Å². The van der Waals surface area contributed by atoms with Crippen LogP contribution in [0, 0.1) is 0 Å². The number of carbonyl (C=O) groups is 1. The zero-order valence-corrected chi connectivity index (χ0v) is 10.2. The number of likely N-dealkylation sites (N-methyl/N-ethyl adjacent to an activating group) is 1. The van der Waals surface area contributed by atoms with E-state index in [9.17, 15) is 4.79 Å². The van der Waals surface area contributed by atoms with Crippen molar-refractivity contribution in [1.82, 2.24) is 10.3 Å². The van der Waals surface area contributed by atoms with Crippen molar-refractivity contribution in [2.75, 3.05) is 7.05 Å². The van der Waals surface area contributed by atoms with Crippen molar-refractivity contribution in [3.8, 4) is 0 Å². The van der Waals surface area contributed by atoms with E-state index in [0.717, 1.165) is 16.5 Å². The predicted molar refractivity (Wildman–Crippen MR) is 70.5 cm³/mol. The van der Waals surface area contributed by atoms with Crippen LogP contribution in [0.25, 0.3) is 10.9 Å². The Kier molecular flexibility index (Phi) is 3.64. The molecule has 0 aliphatic carbocycles. The number of rotatable bonds is 5. The normalized spacial score (nSPS) is 14.6. The Hall–Kier alpha value is -1.85. The number of carboxylic acids is 1. The molecule has 0 saturated heterocycles. The topological polar surface area (TPSA) is 91.1 Å². The number of aromatic amines is 1. The van der Waals surface area contributed by atoms with E-state index in [4.69, 9.17) is 10.8 Å². The third kappa shape index (κ3) is 2.37. The number of aromatic nitrogens is 1. The maximum atomic E-state index is 10.9. The molecule has 5 N–H and O–H groups in total. The molecular weight excluding hydrogens is 230 g/mol. The second-order valence-electron chi connectivity index (χ2n) is 4.32. The number of aliphatic carboxylic acids is 1. The number of H-pyrrole nitrogens is 1. The van der Waals surface area contributed by atoms with E-state index in [1.165, 1.54) is 0 Å². The van der Waals surface area contributed by atoms with Crippen molar-refractivity contribution >= 4 is 16.9 Å². The predicted octanol–water partition coefficient (Wildman–Crippen LogP) is 0.710. The highest BCUT2D eigenvalue weighted by Crippen LogP contribution is 2.19. The summed E-state index contributed by atoms with van der Waals surface area (Å²) in [5.41, 5.74) is 7.78. The summed E-state index contributed by atoms with van der Waals surface area (Å²) in [6.07, 6.45) is 2.48. The quantitative estimate of drug-likeness (QED) is 0.626. The molecule has 1 heterocycles. The van der Waals surface area contributed by atoms with Gasteiger partial charge in [0, 0.05) is 23.1 Å². The minimum absolute atomic E-state index is 0.290. The highest BCUT2D eigenvalue weighted by atomic mass is 16.4. The summed E-state index contributed by atoms with van der Waals surface area (Å²) in [5, 5.41) is 13.0. The number of nitrogens with two attached hydrogens (primary N) is 1. The minimum atomic E-state index is -0.991. The smallest absolute Gasteiger partial charge is 0.322 e. The molecule has 1 aromatic carbocycles. The van der Waals surface area contributed by atoms with Crippen molar-refractivity contribution in [1.29, 1.82) is 0 Å². The van der Waals surface area contributed by atoms with E-state index in [0.29, 0.717) is 6.42 Å².